The average Bonchev–Trinajstić information content (AvgIpc) is 3.30. The zero-order chi connectivity index (χ0) is 18.5. The molecule has 1 aliphatic heterocycles. The number of fused-ring (bicyclic) bond motifs is 2. The van der Waals surface area contributed by atoms with E-state index in [-0.39, 0.29) is 30.1 Å². The van der Waals surface area contributed by atoms with Crippen molar-refractivity contribution < 1.29 is 4.74 Å². The van der Waals surface area contributed by atoms with Gasteiger partial charge in [-0.3, -0.25) is 4.99 Å². The third kappa shape index (κ3) is 4.95. The summed E-state index contributed by atoms with van der Waals surface area (Å²) >= 11 is 0. The first kappa shape index (κ1) is 20.4. The number of aromatic nitrogens is 2. The van der Waals surface area contributed by atoms with Crippen LogP contribution in [-0.4, -0.2) is 42.2 Å². The fourth-order valence-corrected chi connectivity index (χ4v) is 3.39. The fraction of sp³-hybridized carbons (Fsp3) is 0.333. The summed E-state index contributed by atoms with van der Waals surface area (Å²) in [5.41, 5.74) is 3.39. The molecule has 0 spiro atoms. The number of nitrogens with zero attached hydrogens (tertiary/aromatic N) is 2. The Morgan fingerprint density at radius 1 is 1.18 bits per heavy atom. The number of guanidine groups is 1. The van der Waals surface area contributed by atoms with Crippen LogP contribution >= 0.6 is 24.0 Å². The molecule has 3 aromatic rings. The number of hydrogen-bond donors (Lipinski definition) is 3. The molecular weight excluding hydrogens is 465 g/mol. The van der Waals surface area contributed by atoms with E-state index >= 15 is 0 Å². The summed E-state index contributed by atoms with van der Waals surface area (Å²) in [5.74, 6) is 2.83. The van der Waals surface area contributed by atoms with Crippen LogP contribution in [-0.2, 0) is 12.8 Å². The van der Waals surface area contributed by atoms with Gasteiger partial charge in [-0.05, 0) is 30.2 Å². The first-order chi connectivity index (χ1) is 13.3. The minimum atomic E-state index is 0. The van der Waals surface area contributed by atoms with Gasteiger partial charge in [0, 0.05) is 26.4 Å². The summed E-state index contributed by atoms with van der Waals surface area (Å²) in [7, 11) is 1.79. The second kappa shape index (κ2) is 9.77. The Hall–Kier alpha value is -2.29. The topological polar surface area (TPSA) is 74.3 Å². The van der Waals surface area contributed by atoms with Crippen molar-refractivity contribution in [2.45, 2.75) is 25.4 Å². The maximum Gasteiger partial charge on any atom is 0.191 e. The largest absolute Gasteiger partial charge is 0.488 e. The van der Waals surface area contributed by atoms with Crippen molar-refractivity contribution in [3.8, 4) is 5.75 Å². The van der Waals surface area contributed by atoms with E-state index in [1.54, 1.807) is 7.05 Å². The minimum Gasteiger partial charge on any atom is -0.488 e. The van der Waals surface area contributed by atoms with Crippen molar-refractivity contribution in [2.24, 2.45) is 4.99 Å². The monoisotopic (exact) mass is 491 g/mol. The second-order valence-corrected chi connectivity index (χ2v) is 6.74. The van der Waals surface area contributed by atoms with E-state index in [0.717, 1.165) is 60.9 Å². The van der Waals surface area contributed by atoms with Gasteiger partial charge in [0.1, 0.15) is 17.7 Å². The van der Waals surface area contributed by atoms with Crippen LogP contribution in [0.4, 0.5) is 0 Å². The molecule has 7 heteroatoms. The first-order valence-corrected chi connectivity index (χ1v) is 9.44. The molecule has 0 bridgehead atoms. The van der Waals surface area contributed by atoms with Gasteiger partial charge >= 0.3 is 0 Å². The Kier molecular flexibility index (Phi) is 7.13. The van der Waals surface area contributed by atoms with Gasteiger partial charge in [-0.2, -0.15) is 0 Å². The van der Waals surface area contributed by atoms with Crippen molar-refractivity contribution in [1.82, 2.24) is 20.6 Å². The highest BCUT2D eigenvalue weighted by Crippen LogP contribution is 2.27. The van der Waals surface area contributed by atoms with Crippen molar-refractivity contribution in [1.29, 1.82) is 0 Å². The molecule has 0 amide bonds. The van der Waals surface area contributed by atoms with E-state index in [1.165, 1.54) is 5.56 Å². The predicted octanol–water partition coefficient (Wildman–Crippen LogP) is 3.28. The fourth-order valence-electron chi connectivity index (χ4n) is 3.39. The van der Waals surface area contributed by atoms with Gasteiger partial charge in [0.2, 0.25) is 0 Å². The lowest BCUT2D eigenvalue weighted by molar-refractivity contribution is 0.235. The number of para-hydroxylation sites is 3. The Balaban J connectivity index is 0.00000225. The third-order valence-corrected chi connectivity index (χ3v) is 4.76. The number of H-pyrrole nitrogens is 1. The van der Waals surface area contributed by atoms with Crippen LogP contribution in [0.25, 0.3) is 11.0 Å². The van der Waals surface area contributed by atoms with Gasteiger partial charge < -0.3 is 20.4 Å². The lowest BCUT2D eigenvalue weighted by Crippen LogP contribution is -2.42. The molecule has 148 valence electrons. The van der Waals surface area contributed by atoms with Gasteiger partial charge in [-0.15, -0.1) is 24.0 Å². The van der Waals surface area contributed by atoms with E-state index in [9.17, 15) is 0 Å². The lowest BCUT2D eigenvalue weighted by Gasteiger charge is -2.15. The lowest BCUT2D eigenvalue weighted by atomic mass is 10.1. The molecule has 0 radical (unpaired) electrons. The molecule has 4 rings (SSSR count). The molecule has 0 saturated heterocycles. The maximum absolute atomic E-state index is 5.96. The number of ether oxygens (including phenoxy) is 1. The van der Waals surface area contributed by atoms with Crippen LogP contribution in [0.5, 0.6) is 5.75 Å². The molecule has 1 atom stereocenters. The molecule has 3 N–H and O–H groups in total. The minimum absolute atomic E-state index is 0. The highest BCUT2D eigenvalue weighted by molar-refractivity contribution is 14.0. The standard InChI is InChI=1S/C21H25N5O.HI/c1-22-21(24-14-16-13-15-7-2-5-10-19(15)27-16)23-12-6-11-20-25-17-8-3-4-9-18(17)26-20;/h2-5,7-10,16H,6,11-14H2,1H3,(H,25,26)(H2,22,23,24);1H. The number of halogens is 1. The summed E-state index contributed by atoms with van der Waals surface area (Å²) in [6, 6.07) is 16.3. The quantitative estimate of drug-likeness (QED) is 0.214. The second-order valence-electron chi connectivity index (χ2n) is 6.74. The molecule has 2 heterocycles. The average molecular weight is 491 g/mol. The number of aliphatic imine (C=N–C) groups is 1. The van der Waals surface area contributed by atoms with E-state index in [4.69, 9.17) is 4.74 Å². The highest BCUT2D eigenvalue weighted by Gasteiger charge is 2.22. The zero-order valence-electron chi connectivity index (χ0n) is 15.9. The number of aryl methyl sites for hydroxylation is 1. The molecule has 2 aromatic carbocycles. The summed E-state index contributed by atoms with van der Waals surface area (Å²) in [6.45, 7) is 1.57. The van der Waals surface area contributed by atoms with Gasteiger partial charge in [0.05, 0.1) is 17.6 Å². The van der Waals surface area contributed by atoms with Crippen molar-refractivity contribution in [3.05, 3.63) is 59.9 Å². The predicted molar refractivity (Wildman–Crippen MR) is 124 cm³/mol. The Labute approximate surface area is 182 Å². The maximum atomic E-state index is 5.96. The van der Waals surface area contributed by atoms with E-state index in [0.29, 0.717) is 0 Å². The molecule has 6 nitrogen and oxygen atoms in total. The smallest absolute Gasteiger partial charge is 0.191 e. The van der Waals surface area contributed by atoms with Crippen molar-refractivity contribution in [3.63, 3.8) is 0 Å². The first-order valence-electron chi connectivity index (χ1n) is 9.44. The summed E-state index contributed by atoms with van der Waals surface area (Å²) in [6.07, 6.45) is 2.97. The van der Waals surface area contributed by atoms with Crippen LogP contribution in [0, 0.1) is 0 Å². The SMILES string of the molecule is CN=C(NCCCc1nc2ccccc2[nH]1)NCC1Cc2ccccc2O1.I. The Bertz CT molecular complexity index is 881. The number of imidazole rings is 1. The van der Waals surface area contributed by atoms with Gasteiger partial charge in [0.15, 0.2) is 5.96 Å². The third-order valence-electron chi connectivity index (χ3n) is 4.76. The molecule has 28 heavy (non-hydrogen) atoms. The van der Waals surface area contributed by atoms with Crippen LogP contribution in [0.1, 0.15) is 17.8 Å². The van der Waals surface area contributed by atoms with Crippen molar-refractivity contribution in [2.75, 3.05) is 20.1 Å². The zero-order valence-corrected chi connectivity index (χ0v) is 18.3. The molecule has 1 aromatic heterocycles. The van der Waals surface area contributed by atoms with Crippen molar-refractivity contribution >= 4 is 41.0 Å². The number of hydrogen-bond acceptors (Lipinski definition) is 3. The molecular formula is C21H26IN5O. The number of benzene rings is 2. The Morgan fingerprint density at radius 2 is 2.00 bits per heavy atom. The van der Waals surface area contributed by atoms with Gasteiger partial charge in [-0.25, -0.2) is 4.98 Å². The van der Waals surface area contributed by atoms with Gasteiger partial charge in [0.25, 0.3) is 0 Å². The normalized spacial score (nSPS) is 15.6. The highest BCUT2D eigenvalue weighted by atomic mass is 127. The number of aromatic amines is 1. The molecule has 0 aliphatic carbocycles. The molecule has 0 saturated carbocycles. The molecule has 1 unspecified atom stereocenters. The van der Waals surface area contributed by atoms with Crippen LogP contribution in [0.15, 0.2) is 53.5 Å². The van der Waals surface area contributed by atoms with E-state index in [2.05, 4.69) is 43.8 Å². The van der Waals surface area contributed by atoms with Crippen LogP contribution in [0.2, 0.25) is 0 Å². The van der Waals surface area contributed by atoms with E-state index in [1.807, 2.05) is 30.3 Å². The number of nitrogens with one attached hydrogen (secondary N) is 3. The van der Waals surface area contributed by atoms with Gasteiger partial charge in [-0.1, -0.05) is 30.3 Å². The molecule has 1 aliphatic rings. The van der Waals surface area contributed by atoms with Crippen LogP contribution < -0.4 is 15.4 Å². The van der Waals surface area contributed by atoms with Crippen LogP contribution in [0.3, 0.4) is 0 Å². The van der Waals surface area contributed by atoms with E-state index < -0.39 is 0 Å². The summed E-state index contributed by atoms with van der Waals surface area (Å²) in [5, 5.41) is 6.72. The molecule has 0 fully saturated rings. The number of rotatable bonds is 6. The summed E-state index contributed by atoms with van der Waals surface area (Å²) < 4.78 is 5.96. The summed E-state index contributed by atoms with van der Waals surface area (Å²) in [4.78, 5) is 12.3. The Morgan fingerprint density at radius 3 is 2.82 bits per heavy atom.